The summed E-state index contributed by atoms with van der Waals surface area (Å²) in [5.74, 6) is 2.54. The van der Waals surface area contributed by atoms with Crippen LogP contribution in [0, 0.1) is 0 Å². The van der Waals surface area contributed by atoms with Crippen LogP contribution in [0.1, 0.15) is 44.5 Å². The highest BCUT2D eigenvalue weighted by atomic mass is 16.6. The van der Waals surface area contributed by atoms with Gasteiger partial charge in [0.2, 0.25) is 5.88 Å². The molecule has 11 heteroatoms. The summed E-state index contributed by atoms with van der Waals surface area (Å²) >= 11 is 0. The number of aromatic nitrogens is 4. The highest BCUT2D eigenvalue weighted by Crippen LogP contribution is 2.32. The summed E-state index contributed by atoms with van der Waals surface area (Å²) in [6, 6.07) is 18.0. The van der Waals surface area contributed by atoms with Crippen LogP contribution in [0.25, 0.3) is 11.4 Å². The summed E-state index contributed by atoms with van der Waals surface area (Å²) in [7, 11) is 0. The molecule has 0 saturated carbocycles. The smallest absolute Gasteiger partial charge is 0.410 e. The van der Waals surface area contributed by atoms with Crippen LogP contribution in [0.15, 0.2) is 67.0 Å². The average molecular weight is 610 g/mol. The topological polar surface area (TPSA) is 115 Å². The van der Waals surface area contributed by atoms with E-state index in [9.17, 15) is 4.79 Å². The summed E-state index contributed by atoms with van der Waals surface area (Å²) in [5, 5.41) is 3.30. The lowest BCUT2D eigenvalue weighted by Gasteiger charge is -2.38. The zero-order valence-corrected chi connectivity index (χ0v) is 26.2. The van der Waals surface area contributed by atoms with Crippen LogP contribution in [0.4, 0.5) is 22.1 Å². The number of fused-ring (bicyclic) bond motifs is 1. The van der Waals surface area contributed by atoms with Crippen LogP contribution >= 0.6 is 0 Å². The average Bonchev–Trinajstić information content (AvgIpc) is 3.03. The number of ether oxygens (including phenoxy) is 3. The van der Waals surface area contributed by atoms with E-state index in [1.165, 1.54) is 0 Å². The van der Waals surface area contributed by atoms with E-state index in [4.69, 9.17) is 24.2 Å². The van der Waals surface area contributed by atoms with Gasteiger partial charge >= 0.3 is 6.09 Å². The molecule has 2 aromatic carbocycles. The summed E-state index contributed by atoms with van der Waals surface area (Å²) < 4.78 is 17.2. The number of benzene rings is 2. The number of carbonyl (C=O) groups excluding carboxylic acids is 1. The van der Waals surface area contributed by atoms with Gasteiger partial charge in [0.1, 0.15) is 18.0 Å². The van der Waals surface area contributed by atoms with E-state index in [1.807, 2.05) is 75.4 Å². The molecule has 0 radical (unpaired) electrons. The molecule has 234 valence electrons. The molecule has 1 fully saturated rings. The van der Waals surface area contributed by atoms with E-state index < -0.39 is 5.60 Å². The summed E-state index contributed by atoms with van der Waals surface area (Å²) in [6.45, 7) is 11.1. The zero-order valence-electron chi connectivity index (χ0n) is 26.2. The standard InChI is InChI=1S/C34H39N7O4/c1-23-21-43-17-16-41(23)32-27-14-15-40(33(42)45-34(2,3)4)20-28(27)37-31(39-32)25-10-12-26(13-11-25)36-29-18-35-19-30(38-29)44-22-24-8-6-5-7-9-24/h5-13,18-19,23H,14-17,20-22H2,1-4H3,(H,36,38). The maximum Gasteiger partial charge on any atom is 0.410 e. The molecular formula is C34H39N7O4. The third-order valence-electron chi connectivity index (χ3n) is 7.59. The molecule has 1 amide bonds. The van der Waals surface area contributed by atoms with Crippen molar-refractivity contribution in [3.8, 4) is 17.3 Å². The van der Waals surface area contributed by atoms with Gasteiger partial charge in [-0.2, -0.15) is 4.98 Å². The van der Waals surface area contributed by atoms with Gasteiger partial charge in [0.05, 0.1) is 43.9 Å². The van der Waals surface area contributed by atoms with Gasteiger partial charge in [-0.1, -0.05) is 30.3 Å². The van der Waals surface area contributed by atoms with Crippen LogP contribution < -0.4 is 15.0 Å². The SMILES string of the molecule is CC1COCCN1c1nc(-c2ccc(Nc3cncc(OCc4ccccc4)n3)cc2)nc2c1CCN(C(=O)OC(C)(C)C)C2. The van der Waals surface area contributed by atoms with Crippen molar-refractivity contribution in [2.75, 3.05) is 36.5 Å². The molecule has 1 unspecified atom stereocenters. The monoisotopic (exact) mass is 609 g/mol. The van der Waals surface area contributed by atoms with Crippen LogP contribution in [0.5, 0.6) is 5.88 Å². The molecule has 2 aliphatic rings. The molecule has 11 nitrogen and oxygen atoms in total. The van der Waals surface area contributed by atoms with Gasteiger partial charge in [-0.25, -0.2) is 14.8 Å². The van der Waals surface area contributed by atoms with E-state index >= 15 is 0 Å². The lowest BCUT2D eigenvalue weighted by atomic mass is 10.0. The number of nitrogens with one attached hydrogen (secondary N) is 1. The van der Waals surface area contributed by atoms with Gasteiger partial charge in [-0.15, -0.1) is 0 Å². The van der Waals surface area contributed by atoms with E-state index in [1.54, 1.807) is 17.3 Å². The highest BCUT2D eigenvalue weighted by molar-refractivity contribution is 5.70. The predicted octanol–water partition coefficient (Wildman–Crippen LogP) is 5.77. The van der Waals surface area contributed by atoms with E-state index in [0.717, 1.165) is 40.4 Å². The third kappa shape index (κ3) is 7.49. The molecule has 1 saturated heterocycles. The fourth-order valence-corrected chi connectivity index (χ4v) is 5.36. The second-order valence-corrected chi connectivity index (χ2v) is 12.3. The van der Waals surface area contributed by atoms with Crippen molar-refractivity contribution in [1.82, 2.24) is 24.8 Å². The molecule has 45 heavy (non-hydrogen) atoms. The Hall–Kier alpha value is -4.77. The van der Waals surface area contributed by atoms with Crippen molar-refractivity contribution in [2.45, 2.75) is 58.9 Å². The molecule has 0 aliphatic carbocycles. The molecule has 4 aromatic rings. The predicted molar refractivity (Wildman–Crippen MR) is 172 cm³/mol. The first kappa shape index (κ1) is 30.3. The fourth-order valence-electron chi connectivity index (χ4n) is 5.36. The lowest BCUT2D eigenvalue weighted by Crippen LogP contribution is -2.46. The van der Waals surface area contributed by atoms with Gasteiger partial charge in [0.15, 0.2) is 11.6 Å². The Kier molecular flexibility index (Phi) is 8.79. The molecule has 6 rings (SSSR count). The van der Waals surface area contributed by atoms with Crippen molar-refractivity contribution in [2.24, 2.45) is 0 Å². The quantitative estimate of drug-likeness (QED) is 0.277. The molecular weight excluding hydrogens is 570 g/mol. The number of hydrogen-bond acceptors (Lipinski definition) is 10. The van der Waals surface area contributed by atoms with Crippen molar-refractivity contribution in [3.63, 3.8) is 0 Å². The van der Waals surface area contributed by atoms with E-state index in [-0.39, 0.29) is 12.1 Å². The summed E-state index contributed by atoms with van der Waals surface area (Å²) in [4.78, 5) is 35.9. The zero-order chi connectivity index (χ0) is 31.4. The van der Waals surface area contributed by atoms with Crippen LogP contribution in [0.2, 0.25) is 0 Å². The number of hydrogen-bond donors (Lipinski definition) is 1. The molecule has 1 atom stereocenters. The van der Waals surface area contributed by atoms with Gasteiger partial charge in [0, 0.05) is 29.9 Å². The molecule has 0 bridgehead atoms. The number of rotatable bonds is 7. The first-order chi connectivity index (χ1) is 21.7. The minimum Gasteiger partial charge on any atom is -0.472 e. The van der Waals surface area contributed by atoms with Crippen LogP contribution in [-0.4, -0.2) is 68.9 Å². The number of nitrogens with zero attached hydrogens (tertiary/aromatic N) is 6. The minimum absolute atomic E-state index is 0.176. The molecule has 4 heterocycles. The van der Waals surface area contributed by atoms with E-state index in [2.05, 4.69) is 27.1 Å². The Morgan fingerprint density at radius 3 is 2.58 bits per heavy atom. The van der Waals surface area contributed by atoms with Crippen LogP contribution in [0.3, 0.4) is 0 Å². The molecule has 2 aromatic heterocycles. The molecule has 0 spiro atoms. The Morgan fingerprint density at radius 2 is 1.82 bits per heavy atom. The fraction of sp³-hybridized carbons (Fsp3) is 0.382. The number of morpholine rings is 1. The van der Waals surface area contributed by atoms with Crippen LogP contribution in [-0.2, 0) is 29.0 Å². The second kappa shape index (κ2) is 13.1. The van der Waals surface area contributed by atoms with Gasteiger partial charge in [-0.05, 0) is 63.9 Å². The number of carbonyl (C=O) groups is 1. The first-order valence-corrected chi connectivity index (χ1v) is 15.3. The maximum atomic E-state index is 12.9. The summed E-state index contributed by atoms with van der Waals surface area (Å²) in [6.07, 6.45) is 3.58. The number of anilines is 3. The Balaban J connectivity index is 1.22. The number of amides is 1. The largest absolute Gasteiger partial charge is 0.472 e. The van der Waals surface area contributed by atoms with Gasteiger partial charge in [0.25, 0.3) is 0 Å². The molecule has 1 N–H and O–H groups in total. The first-order valence-electron chi connectivity index (χ1n) is 15.3. The van der Waals surface area contributed by atoms with Crippen molar-refractivity contribution >= 4 is 23.4 Å². The lowest BCUT2D eigenvalue weighted by molar-refractivity contribution is 0.0220. The van der Waals surface area contributed by atoms with Crippen molar-refractivity contribution in [1.29, 1.82) is 0 Å². The van der Waals surface area contributed by atoms with Crippen molar-refractivity contribution < 1.29 is 19.0 Å². The Labute approximate surface area is 263 Å². The Morgan fingerprint density at radius 1 is 1.02 bits per heavy atom. The normalized spacial score (nSPS) is 16.6. The molecule has 2 aliphatic heterocycles. The third-order valence-corrected chi connectivity index (χ3v) is 7.59. The summed E-state index contributed by atoms with van der Waals surface area (Å²) in [5.41, 5.74) is 4.12. The highest BCUT2D eigenvalue weighted by Gasteiger charge is 2.32. The maximum absolute atomic E-state index is 12.9. The second-order valence-electron chi connectivity index (χ2n) is 12.3. The van der Waals surface area contributed by atoms with Crippen molar-refractivity contribution in [3.05, 3.63) is 83.8 Å². The Bertz CT molecular complexity index is 1630. The minimum atomic E-state index is -0.569. The van der Waals surface area contributed by atoms with Gasteiger partial charge < -0.3 is 29.3 Å². The van der Waals surface area contributed by atoms with E-state index in [0.29, 0.717) is 56.9 Å². The van der Waals surface area contributed by atoms with Gasteiger partial charge in [-0.3, -0.25) is 4.98 Å².